The first-order valence-electron chi connectivity index (χ1n) is 8.81. The predicted octanol–water partition coefficient (Wildman–Crippen LogP) is 1.18. The third-order valence-corrected chi connectivity index (χ3v) is 4.49. The number of para-hydroxylation sites is 1. The zero-order valence-electron chi connectivity index (χ0n) is 15.7. The van der Waals surface area contributed by atoms with Crippen LogP contribution in [0.1, 0.15) is 27.6 Å². The zero-order chi connectivity index (χ0) is 20.1. The normalized spacial score (nSPS) is 13.8. The molecular weight excluding hydrogens is 362 g/mol. The van der Waals surface area contributed by atoms with Crippen LogP contribution in [0.2, 0.25) is 0 Å². The van der Waals surface area contributed by atoms with Gasteiger partial charge in [-0.15, -0.1) is 0 Å². The number of methoxy groups -OCH3 is 1. The van der Waals surface area contributed by atoms with Crippen molar-refractivity contribution in [1.29, 1.82) is 0 Å². The second-order valence-corrected chi connectivity index (χ2v) is 6.26. The highest BCUT2D eigenvalue weighted by Gasteiger charge is 2.21. The van der Waals surface area contributed by atoms with Crippen LogP contribution in [-0.2, 0) is 9.53 Å². The van der Waals surface area contributed by atoms with Crippen LogP contribution in [0.3, 0.4) is 0 Å². The second-order valence-electron chi connectivity index (χ2n) is 6.26. The van der Waals surface area contributed by atoms with E-state index in [0.717, 1.165) is 0 Å². The van der Waals surface area contributed by atoms with Gasteiger partial charge in [0.05, 0.1) is 23.9 Å². The van der Waals surface area contributed by atoms with E-state index >= 15 is 0 Å². The molecule has 9 heteroatoms. The first-order chi connectivity index (χ1) is 13.5. The number of rotatable bonds is 4. The van der Waals surface area contributed by atoms with Crippen LogP contribution < -0.4 is 10.2 Å². The molecule has 9 nitrogen and oxygen atoms in total. The Kier molecular flexibility index (Phi) is 5.83. The number of piperazine rings is 1. The highest BCUT2D eigenvalue weighted by atomic mass is 16.5. The monoisotopic (exact) mass is 383 g/mol. The fraction of sp³-hybridized carbons (Fsp3) is 0.316. The lowest BCUT2D eigenvalue weighted by Gasteiger charge is -2.34. The average Bonchev–Trinajstić information content (AvgIpc) is 2.73. The van der Waals surface area contributed by atoms with Gasteiger partial charge in [0.25, 0.3) is 5.91 Å². The number of carbonyl (C=O) groups is 3. The molecule has 2 heterocycles. The molecule has 0 radical (unpaired) electrons. The van der Waals surface area contributed by atoms with Crippen LogP contribution in [-0.4, -0.2) is 65.9 Å². The molecule has 1 fully saturated rings. The highest BCUT2D eigenvalue weighted by molar-refractivity contribution is 6.07. The second kappa shape index (κ2) is 8.47. The summed E-state index contributed by atoms with van der Waals surface area (Å²) in [6, 6.07) is 6.59. The highest BCUT2D eigenvalue weighted by Crippen LogP contribution is 2.17. The smallest absolute Gasteiger partial charge is 0.339 e. The molecule has 0 saturated carbocycles. The third-order valence-electron chi connectivity index (χ3n) is 4.49. The Morgan fingerprint density at radius 1 is 1.04 bits per heavy atom. The molecule has 28 heavy (non-hydrogen) atoms. The molecular formula is C19H21N5O4. The SMILES string of the molecule is COC(=O)c1ccccc1NC(=O)c1cnc(N2CCN(C(C)=O)CC2)nc1. The van der Waals surface area contributed by atoms with Crippen LogP contribution in [0, 0.1) is 0 Å². The number of esters is 1. The van der Waals surface area contributed by atoms with Gasteiger partial charge in [-0.3, -0.25) is 9.59 Å². The van der Waals surface area contributed by atoms with Gasteiger partial charge in [-0.05, 0) is 12.1 Å². The lowest BCUT2D eigenvalue weighted by atomic mass is 10.1. The molecule has 0 atom stereocenters. The fourth-order valence-electron chi connectivity index (χ4n) is 2.90. The minimum atomic E-state index is -0.535. The molecule has 1 saturated heterocycles. The van der Waals surface area contributed by atoms with E-state index in [1.54, 1.807) is 36.1 Å². The molecule has 0 bridgehead atoms. The topological polar surface area (TPSA) is 105 Å². The number of amides is 2. The van der Waals surface area contributed by atoms with Crippen molar-refractivity contribution in [2.45, 2.75) is 6.92 Å². The number of hydrogen-bond acceptors (Lipinski definition) is 7. The van der Waals surface area contributed by atoms with E-state index in [4.69, 9.17) is 4.74 Å². The summed E-state index contributed by atoms with van der Waals surface area (Å²) in [4.78, 5) is 48.0. The standard InChI is InChI=1S/C19H21N5O4/c1-13(25)23-7-9-24(10-8-23)19-20-11-14(12-21-19)17(26)22-16-6-4-3-5-15(16)18(27)28-2/h3-6,11-12H,7-10H2,1-2H3,(H,22,26). The number of nitrogens with one attached hydrogen (secondary N) is 1. The summed E-state index contributed by atoms with van der Waals surface area (Å²) in [6.07, 6.45) is 2.88. The Morgan fingerprint density at radius 2 is 1.68 bits per heavy atom. The van der Waals surface area contributed by atoms with Gasteiger partial charge in [-0.25, -0.2) is 14.8 Å². The quantitative estimate of drug-likeness (QED) is 0.791. The molecule has 1 aromatic carbocycles. The van der Waals surface area contributed by atoms with E-state index in [2.05, 4.69) is 15.3 Å². The minimum absolute atomic E-state index is 0.0554. The number of nitrogens with zero attached hydrogens (tertiary/aromatic N) is 4. The van der Waals surface area contributed by atoms with Crippen molar-refractivity contribution >= 4 is 29.4 Å². The molecule has 1 aliphatic heterocycles. The fourth-order valence-corrected chi connectivity index (χ4v) is 2.90. The molecule has 0 spiro atoms. The largest absolute Gasteiger partial charge is 0.465 e. The molecule has 0 aliphatic carbocycles. The average molecular weight is 383 g/mol. The van der Waals surface area contributed by atoms with Gasteiger partial charge in [-0.2, -0.15) is 0 Å². The summed E-state index contributed by atoms with van der Waals surface area (Å²) >= 11 is 0. The van der Waals surface area contributed by atoms with Crippen LogP contribution in [0.5, 0.6) is 0 Å². The Bertz CT molecular complexity index is 876. The summed E-state index contributed by atoms with van der Waals surface area (Å²) in [6.45, 7) is 4.06. The van der Waals surface area contributed by atoms with E-state index in [0.29, 0.717) is 37.8 Å². The van der Waals surface area contributed by atoms with Gasteiger partial charge in [-0.1, -0.05) is 12.1 Å². The van der Waals surface area contributed by atoms with Crippen molar-refractivity contribution in [1.82, 2.24) is 14.9 Å². The molecule has 3 rings (SSSR count). The van der Waals surface area contributed by atoms with Gasteiger partial charge < -0.3 is 19.9 Å². The molecule has 0 unspecified atom stereocenters. The van der Waals surface area contributed by atoms with E-state index in [9.17, 15) is 14.4 Å². The molecule has 2 amide bonds. The number of hydrogen-bond donors (Lipinski definition) is 1. The number of benzene rings is 1. The Balaban J connectivity index is 1.67. The van der Waals surface area contributed by atoms with Crippen molar-refractivity contribution in [3.63, 3.8) is 0 Å². The van der Waals surface area contributed by atoms with Crippen molar-refractivity contribution in [2.75, 3.05) is 43.5 Å². The van der Waals surface area contributed by atoms with Crippen molar-refractivity contribution < 1.29 is 19.1 Å². The van der Waals surface area contributed by atoms with Gasteiger partial charge in [0.15, 0.2) is 0 Å². The van der Waals surface area contributed by atoms with E-state index in [1.165, 1.54) is 19.5 Å². The first kappa shape index (κ1) is 19.3. The summed E-state index contributed by atoms with van der Waals surface area (Å²) in [7, 11) is 1.28. The van der Waals surface area contributed by atoms with Crippen molar-refractivity contribution in [3.8, 4) is 0 Å². The zero-order valence-corrected chi connectivity index (χ0v) is 15.7. The third kappa shape index (κ3) is 4.25. The molecule has 2 aromatic rings. The maximum atomic E-state index is 12.5. The maximum Gasteiger partial charge on any atom is 0.339 e. The molecule has 1 N–H and O–H groups in total. The first-order valence-corrected chi connectivity index (χ1v) is 8.81. The Hall–Kier alpha value is -3.49. The summed E-state index contributed by atoms with van der Waals surface area (Å²) in [5.41, 5.74) is 0.883. The summed E-state index contributed by atoms with van der Waals surface area (Å²) < 4.78 is 4.72. The van der Waals surface area contributed by atoms with E-state index in [1.807, 2.05) is 4.90 Å². The number of anilines is 2. The lowest BCUT2D eigenvalue weighted by molar-refractivity contribution is -0.129. The Morgan fingerprint density at radius 3 is 2.29 bits per heavy atom. The number of ether oxygens (including phenoxy) is 1. The van der Waals surface area contributed by atoms with Crippen LogP contribution in [0.4, 0.5) is 11.6 Å². The van der Waals surface area contributed by atoms with Gasteiger partial charge in [0.2, 0.25) is 11.9 Å². The maximum absolute atomic E-state index is 12.5. The van der Waals surface area contributed by atoms with Crippen LogP contribution >= 0.6 is 0 Å². The number of aromatic nitrogens is 2. The Labute approximate surface area is 162 Å². The summed E-state index contributed by atoms with van der Waals surface area (Å²) in [5, 5.41) is 2.68. The van der Waals surface area contributed by atoms with E-state index < -0.39 is 11.9 Å². The van der Waals surface area contributed by atoms with Crippen molar-refractivity contribution in [2.24, 2.45) is 0 Å². The van der Waals surface area contributed by atoms with Gasteiger partial charge in [0.1, 0.15) is 0 Å². The van der Waals surface area contributed by atoms with Gasteiger partial charge in [0, 0.05) is 45.5 Å². The lowest BCUT2D eigenvalue weighted by Crippen LogP contribution is -2.48. The van der Waals surface area contributed by atoms with Gasteiger partial charge >= 0.3 is 5.97 Å². The predicted molar refractivity (Wildman–Crippen MR) is 102 cm³/mol. The van der Waals surface area contributed by atoms with Crippen molar-refractivity contribution in [3.05, 3.63) is 47.8 Å². The molecule has 1 aromatic heterocycles. The van der Waals surface area contributed by atoms with Crippen LogP contribution in [0.15, 0.2) is 36.7 Å². The number of carbonyl (C=O) groups excluding carboxylic acids is 3. The minimum Gasteiger partial charge on any atom is -0.465 e. The molecule has 146 valence electrons. The van der Waals surface area contributed by atoms with Crippen LogP contribution in [0.25, 0.3) is 0 Å². The summed E-state index contributed by atoms with van der Waals surface area (Å²) in [5.74, 6) is -0.397. The molecule has 1 aliphatic rings. The van der Waals surface area contributed by atoms with E-state index in [-0.39, 0.29) is 17.0 Å².